The van der Waals surface area contributed by atoms with Gasteiger partial charge in [-0.3, -0.25) is 4.99 Å². The molecule has 34 heavy (non-hydrogen) atoms. The highest BCUT2D eigenvalue weighted by Crippen LogP contribution is 2.36. The second-order valence-electron chi connectivity index (χ2n) is 8.75. The van der Waals surface area contributed by atoms with Crippen LogP contribution in [0.4, 0.5) is 24.5 Å². The first-order valence-electron chi connectivity index (χ1n) is 11.1. The minimum Gasteiger partial charge on any atom is -0.478 e. The van der Waals surface area contributed by atoms with Gasteiger partial charge in [0.2, 0.25) is 5.88 Å². The van der Waals surface area contributed by atoms with Gasteiger partial charge in [0.15, 0.2) is 0 Å². The van der Waals surface area contributed by atoms with Crippen molar-refractivity contribution in [2.45, 2.75) is 45.2 Å². The van der Waals surface area contributed by atoms with Crippen molar-refractivity contribution >= 4 is 23.8 Å². The van der Waals surface area contributed by atoms with Crippen LogP contribution in [0.5, 0.6) is 0 Å². The molecule has 6 nitrogen and oxygen atoms in total. The average molecular weight is 476 g/mol. The number of ether oxygens (including phenoxy) is 1. The molecule has 1 unspecified atom stereocenters. The fraction of sp³-hybridized carbons (Fsp3) is 0.480. The molecule has 2 rings (SSSR count). The van der Waals surface area contributed by atoms with Crippen LogP contribution in [0.1, 0.15) is 44.6 Å². The van der Waals surface area contributed by atoms with Crippen LogP contribution in [0.2, 0.25) is 0 Å². The number of hydrazone groups is 1. The normalized spacial score (nSPS) is 20.2. The van der Waals surface area contributed by atoms with Gasteiger partial charge in [0.25, 0.3) is 0 Å². The molecule has 0 radical (unpaired) electrons. The number of halogens is 3. The number of alkyl halides is 3. The van der Waals surface area contributed by atoms with Crippen LogP contribution < -0.4 is 4.90 Å². The van der Waals surface area contributed by atoms with E-state index in [2.05, 4.69) is 47.9 Å². The minimum atomic E-state index is -4.56. The van der Waals surface area contributed by atoms with Crippen LogP contribution in [0.3, 0.4) is 0 Å². The number of benzene rings is 1. The van der Waals surface area contributed by atoms with E-state index in [4.69, 9.17) is 4.74 Å². The second-order valence-corrected chi connectivity index (χ2v) is 8.75. The SMILES string of the molecule is C=CC/C(=N\N1CCCC(C)(CN(C)c2cc(C#N)ccc2N=C)CCCOC1=C)C(F)(F)F. The summed E-state index contributed by atoms with van der Waals surface area (Å²) in [5, 5.41) is 14.3. The van der Waals surface area contributed by atoms with Crippen LogP contribution in [0.25, 0.3) is 0 Å². The minimum absolute atomic E-state index is 0.113. The molecule has 1 atom stereocenters. The summed E-state index contributed by atoms with van der Waals surface area (Å²) in [4.78, 5) is 6.13. The quantitative estimate of drug-likeness (QED) is 0.348. The van der Waals surface area contributed by atoms with Crippen LogP contribution in [-0.4, -0.2) is 50.4 Å². The molecule has 1 aromatic carbocycles. The standard InChI is InChI=1S/C25H32F3N5O/c1-6-9-23(25(26,27)28)31-33-14-7-12-24(3,13-8-15-34-19(33)2)18-32(5)22-16-20(17-29)10-11-21(22)30-4/h6,10-11,16H,1-2,4,7-9,12-15,18H2,3,5H3/b31-23+. The van der Waals surface area contributed by atoms with Gasteiger partial charge >= 0.3 is 6.18 Å². The largest absolute Gasteiger partial charge is 0.478 e. The lowest BCUT2D eigenvalue weighted by atomic mass is 9.80. The molecule has 1 aliphatic rings. The van der Waals surface area contributed by atoms with E-state index in [1.807, 2.05) is 7.05 Å². The van der Waals surface area contributed by atoms with E-state index in [0.717, 1.165) is 18.5 Å². The average Bonchev–Trinajstić information content (AvgIpc) is 2.79. The summed E-state index contributed by atoms with van der Waals surface area (Å²) >= 11 is 0. The molecule has 0 aliphatic carbocycles. The number of hydrogen-bond acceptors (Lipinski definition) is 6. The number of hydrogen-bond donors (Lipinski definition) is 0. The van der Waals surface area contributed by atoms with E-state index in [9.17, 15) is 18.4 Å². The molecule has 9 heteroatoms. The van der Waals surface area contributed by atoms with Crippen molar-refractivity contribution in [3.8, 4) is 6.07 Å². The van der Waals surface area contributed by atoms with Gasteiger partial charge in [-0.1, -0.05) is 13.0 Å². The molecule has 1 saturated heterocycles. The highest BCUT2D eigenvalue weighted by atomic mass is 19.4. The summed E-state index contributed by atoms with van der Waals surface area (Å²) < 4.78 is 45.7. The first kappa shape index (κ1) is 27.0. The maximum Gasteiger partial charge on any atom is 0.431 e. The lowest BCUT2D eigenvalue weighted by Gasteiger charge is -2.37. The lowest BCUT2D eigenvalue weighted by Crippen LogP contribution is -2.36. The summed E-state index contributed by atoms with van der Waals surface area (Å²) in [6, 6.07) is 7.40. The first-order chi connectivity index (χ1) is 16.0. The van der Waals surface area contributed by atoms with Gasteiger partial charge < -0.3 is 9.64 Å². The Bertz CT molecular complexity index is 966. The Morgan fingerprint density at radius 3 is 2.68 bits per heavy atom. The highest BCUT2D eigenvalue weighted by Gasteiger charge is 2.36. The number of allylic oxidation sites excluding steroid dienone is 1. The van der Waals surface area contributed by atoms with E-state index in [1.165, 1.54) is 11.1 Å². The van der Waals surface area contributed by atoms with Gasteiger partial charge in [0.05, 0.1) is 29.6 Å². The Labute approximate surface area is 199 Å². The molecule has 0 saturated carbocycles. The van der Waals surface area contributed by atoms with E-state index in [0.29, 0.717) is 37.2 Å². The number of nitrogens with zero attached hydrogens (tertiary/aromatic N) is 5. The molecule has 0 bridgehead atoms. The van der Waals surface area contributed by atoms with Crippen LogP contribution in [0, 0.1) is 16.7 Å². The molecular weight excluding hydrogens is 443 g/mol. The third-order valence-corrected chi connectivity index (χ3v) is 5.84. The third-order valence-electron chi connectivity index (χ3n) is 5.84. The van der Waals surface area contributed by atoms with Crippen molar-refractivity contribution in [3.05, 3.63) is 48.9 Å². The van der Waals surface area contributed by atoms with Gasteiger partial charge in [-0.05, 0) is 62.6 Å². The van der Waals surface area contributed by atoms with Crippen LogP contribution in [-0.2, 0) is 4.74 Å². The number of aliphatic imine (C=N–C) groups is 1. The number of rotatable bonds is 7. The Morgan fingerprint density at radius 1 is 1.35 bits per heavy atom. The molecule has 0 amide bonds. The summed E-state index contributed by atoms with van der Waals surface area (Å²) in [5.41, 5.74) is 0.940. The van der Waals surface area contributed by atoms with Crippen molar-refractivity contribution in [2.75, 3.05) is 31.6 Å². The van der Waals surface area contributed by atoms with Crippen molar-refractivity contribution in [3.63, 3.8) is 0 Å². The second kappa shape index (κ2) is 11.7. The van der Waals surface area contributed by atoms with Crippen molar-refractivity contribution in [1.29, 1.82) is 5.26 Å². The fourth-order valence-corrected chi connectivity index (χ4v) is 4.12. The zero-order chi connectivity index (χ0) is 25.4. The Morgan fingerprint density at radius 2 is 2.06 bits per heavy atom. The van der Waals surface area contributed by atoms with Crippen LogP contribution >= 0.6 is 0 Å². The Kier molecular flexibility index (Phi) is 9.30. The van der Waals surface area contributed by atoms with Crippen molar-refractivity contribution in [2.24, 2.45) is 15.5 Å². The molecule has 1 aliphatic heterocycles. The predicted octanol–water partition coefficient (Wildman–Crippen LogP) is 6.19. The maximum absolute atomic E-state index is 13.3. The van der Waals surface area contributed by atoms with E-state index >= 15 is 0 Å². The fourth-order valence-electron chi connectivity index (χ4n) is 4.12. The topological polar surface area (TPSA) is 64.2 Å². The lowest BCUT2D eigenvalue weighted by molar-refractivity contribution is -0.0617. The van der Waals surface area contributed by atoms with E-state index in [1.54, 1.807) is 18.2 Å². The summed E-state index contributed by atoms with van der Waals surface area (Å²) in [6.07, 6.45) is -0.850. The number of nitriles is 1. The summed E-state index contributed by atoms with van der Waals surface area (Å²) in [6.45, 7) is 14.2. The molecular formula is C25H32F3N5O. The van der Waals surface area contributed by atoms with E-state index < -0.39 is 18.3 Å². The maximum atomic E-state index is 13.3. The third kappa shape index (κ3) is 7.37. The molecule has 0 aromatic heterocycles. The molecule has 1 heterocycles. The molecule has 0 spiro atoms. The number of anilines is 1. The zero-order valence-electron chi connectivity index (χ0n) is 19.9. The molecule has 1 aromatic rings. The Balaban J connectivity index is 2.21. The van der Waals surface area contributed by atoms with Crippen molar-refractivity contribution in [1.82, 2.24) is 5.01 Å². The smallest absolute Gasteiger partial charge is 0.431 e. The van der Waals surface area contributed by atoms with Gasteiger partial charge in [-0.15, -0.1) is 6.58 Å². The highest BCUT2D eigenvalue weighted by molar-refractivity contribution is 5.90. The van der Waals surface area contributed by atoms with E-state index in [-0.39, 0.29) is 17.8 Å². The van der Waals surface area contributed by atoms with Gasteiger partial charge in [0, 0.05) is 26.6 Å². The molecule has 0 N–H and O–H groups in total. The first-order valence-corrected chi connectivity index (χ1v) is 11.1. The van der Waals surface area contributed by atoms with Crippen molar-refractivity contribution < 1.29 is 17.9 Å². The predicted molar refractivity (Wildman–Crippen MR) is 130 cm³/mol. The Hall–Kier alpha value is -3.28. The summed E-state index contributed by atoms with van der Waals surface area (Å²) in [5.74, 6) is 0.113. The van der Waals surface area contributed by atoms with Gasteiger partial charge in [-0.2, -0.15) is 23.5 Å². The van der Waals surface area contributed by atoms with Gasteiger partial charge in [-0.25, -0.2) is 5.01 Å². The molecule has 184 valence electrons. The van der Waals surface area contributed by atoms with Crippen LogP contribution in [0.15, 0.2) is 53.4 Å². The zero-order valence-corrected chi connectivity index (χ0v) is 19.9. The monoisotopic (exact) mass is 475 g/mol. The summed E-state index contributed by atoms with van der Waals surface area (Å²) in [7, 11) is 1.94. The molecule has 1 fully saturated rings. The van der Waals surface area contributed by atoms with Gasteiger partial charge in [0.1, 0.15) is 5.71 Å².